The van der Waals surface area contributed by atoms with Gasteiger partial charge < -0.3 is 0 Å². The zero-order valence-electron chi connectivity index (χ0n) is 14.1. The van der Waals surface area contributed by atoms with Gasteiger partial charge >= 0.3 is 6.18 Å². The van der Waals surface area contributed by atoms with Gasteiger partial charge in [0.25, 0.3) is 0 Å². The number of rotatable bonds is 4. The summed E-state index contributed by atoms with van der Waals surface area (Å²) in [6, 6.07) is 12.8. The molecule has 1 fully saturated rings. The quantitative estimate of drug-likeness (QED) is 0.726. The molecule has 0 amide bonds. The lowest BCUT2D eigenvalue weighted by Gasteiger charge is -2.33. The van der Waals surface area contributed by atoms with E-state index in [1.54, 1.807) is 6.21 Å². The van der Waals surface area contributed by atoms with Crippen LogP contribution >= 0.6 is 11.6 Å². The van der Waals surface area contributed by atoms with Gasteiger partial charge in [-0.25, -0.2) is 0 Å². The van der Waals surface area contributed by atoms with Crippen LogP contribution in [-0.4, -0.2) is 42.3 Å². The molecule has 26 heavy (non-hydrogen) atoms. The highest BCUT2D eigenvalue weighted by Gasteiger charge is 2.29. The van der Waals surface area contributed by atoms with Gasteiger partial charge in [-0.15, -0.1) is 0 Å². The highest BCUT2D eigenvalue weighted by Crippen LogP contribution is 2.28. The Bertz CT molecular complexity index is 734. The van der Waals surface area contributed by atoms with E-state index in [2.05, 4.69) is 10.0 Å². The van der Waals surface area contributed by atoms with E-state index < -0.39 is 11.7 Å². The maximum absolute atomic E-state index is 12.6. The van der Waals surface area contributed by atoms with E-state index in [9.17, 15) is 13.2 Å². The zero-order chi connectivity index (χ0) is 18.6. The number of hydrazone groups is 1. The van der Waals surface area contributed by atoms with Crippen molar-refractivity contribution in [1.82, 2.24) is 9.91 Å². The molecule has 2 aromatic rings. The Kier molecular flexibility index (Phi) is 5.84. The minimum absolute atomic E-state index is 0.648. The van der Waals surface area contributed by atoms with Crippen LogP contribution < -0.4 is 0 Å². The summed E-state index contributed by atoms with van der Waals surface area (Å²) in [4.78, 5) is 2.34. The number of alkyl halides is 3. The summed E-state index contributed by atoms with van der Waals surface area (Å²) in [6.07, 6.45) is -2.70. The number of halogens is 4. The summed E-state index contributed by atoms with van der Waals surface area (Å²) in [5, 5.41) is 7.05. The molecule has 7 heteroatoms. The van der Waals surface area contributed by atoms with E-state index in [1.165, 1.54) is 17.7 Å². The van der Waals surface area contributed by atoms with E-state index in [0.29, 0.717) is 5.56 Å². The largest absolute Gasteiger partial charge is 0.416 e. The lowest BCUT2D eigenvalue weighted by atomic mass is 10.1. The van der Waals surface area contributed by atoms with Crippen molar-refractivity contribution in [2.45, 2.75) is 12.7 Å². The van der Waals surface area contributed by atoms with Crippen LogP contribution in [0.5, 0.6) is 0 Å². The molecule has 0 saturated carbocycles. The Labute approximate surface area is 155 Å². The van der Waals surface area contributed by atoms with E-state index in [0.717, 1.165) is 49.9 Å². The standard InChI is InChI=1S/C19H19ClF3N3/c20-18-7-3-16(4-8-18)14-25-9-11-26(12-10-25)24-13-15-1-5-17(6-2-15)19(21,22)23/h1-8,13H,9-12,14H2/b24-13-. The predicted molar refractivity (Wildman–Crippen MR) is 97.3 cm³/mol. The molecule has 0 aromatic heterocycles. The summed E-state index contributed by atoms with van der Waals surface area (Å²) < 4.78 is 37.7. The highest BCUT2D eigenvalue weighted by molar-refractivity contribution is 6.30. The van der Waals surface area contributed by atoms with Gasteiger partial charge in [-0.3, -0.25) is 9.91 Å². The van der Waals surface area contributed by atoms with Crippen molar-refractivity contribution in [3.8, 4) is 0 Å². The topological polar surface area (TPSA) is 18.8 Å². The van der Waals surface area contributed by atoms with E-state index in [4.69, 9.17) is 11.6 Å². The average Bonchev–Trinajstić information content (AvgIpc) is 2.63. The molecule has 0 atom stereocenters. The Balaban J connectivity index is 1.49. The molecule has 1 heterocycles. The first-order valence-corrected chi connectivity index (χ1v) is 8.71. The average molecular weight is 382 g/mol. The van der Waals surface area contributed by atoms with Crippen LogP contribution in [-0.2, 0) is 12.7 Å². The van der Waals surface area contributed by atoms with Gasteiger partial charge in [-0.2, -0.15) is 18.3 Å². The fourth-order valence-corrected chi connectivity index (χ4v) is 2.89. The summed E-state index contributed by atoms with van der Waals surface area (Å²) in [7, 11) is 0. The van der Waals surface area contributed by atoms with Gasteiger partial charge in [0.15, 0.2) is 0 Å². The summed E-state index contributed by atoms with van der Waals surface area (Å²) in [5.74, 6) is 0. The van der Waals surface area contributed by atoms with Gasteiger partial charge in [0.05, 0.1) is 11.8 Å². The molecule has 2 aromatic carbocycles. The van der Waals surface area contributed by atoms with Crippen LogP contribution in [0.2, 0.25) is 5.02 Å². The van der Waals surface area contributed by atoms with Crippen LogP contribution in [0.1, 0.15) is 16.7 Å². The SMILES string of the molecule is FC(F)(F)c1ccc(/C=N\N2CCN(Cc3ccc(Cl)cc3)CC2)cc1. The Morgan fingerprint density at radius 2 is 1.54 bits per heavy atom. The zero-order valence-corrected chi connectivity index (χ0v) is 14.8. The minimum atomic E-state index is -4.31. The summed E-state index contributed by atoms with van der Waals surface area (Å²) in [6.45, 7) is 4.20. The van der Waals surface area contributed by atoms with Crippen molar-refractivity contribution in [1.29, 1.82) is 0 Å². The third kappa shape index (κ3) is 5.22. The second-order valence-electron chi connectivity index (χ2n) is 6.22. The van der Waals surface area contributed by atoms with Crippen LogP contribution in [0.3, 0.4) is 0 Å². The molecule has 0 aliphatic carbocycles. The van der Waals surface area contributed by atoms with Crippen molar-refractivity contribution < 1.29 is 13.2 Å². The molecule has 1 aliphatic rings. The summed E-state index contributed by atoms with van der Waals surface area (Å²) >= 11 is 5.90. The number of benzene rings is 2. The van der Waals surface area contributed by atoms with Crippen molar-refractivity contribution in [3.63, 3.8) is 0 Å². The lowest BCUT2D eigenvalue weighted by molar-refractivity contribution is -0.137. The fraction of sp³-hybridized carbons (Fsp3) is 0.316. The minimum Gasteiger partial charge on any atom is -0.295 e. The predicted octanol–water partition coefficient (Wildman–Crippen LogP) is 4.51. The Morgan fingerprint density at radius 3 is 2.12 bits per heavy atom. The monoisotopic (exact) mass is 381 g/mol. The molecule has 0 bridgehead atoms. The molecular formula is C19H19ClF3N3. The second-order valence-corrected chi connectivity index (χ2v) is 6.66. The molecular weight excluding hydrogens is 363 g/mol. The number of nitrogens with zero attached hydrogens (tertiary/aromatic N) is 3. The van der Waals surface area contributed by atoms with Gasteiger partial charge in [0.2, 0.25) is 0 Å². The molecule has 1 saturated heterocycles. The van der Waals surface area contributed by atoms with Gasteiger partial charge in [-0.05, 0) is 35.4 Å². The van der Waals surface area contributed by atoms with Crippen molar-refractivity contribution >= 4 is 17.8 Å². The smallest absolute Gasteiger partial charge is 0.295 e. The Hall–Kier alpha value is -2.05. The van der Waals surface area contributed by atoms with Gasteiger partial charge in [-0.1, -0.05) is 35.9 Å². The Morgan fingerprint density at radius 1 is 0.923 bits per heavy atom. The van der Waals surface area contributed by atoms with Crippen LogP contribution in [0, 0.1) is 0 Å². The molecule has 0 radical (unpaired) electrons. The molecule has 3 rings (SSSR count). The first-order chi connectivity index (χ1) is 12.4. The van der Waals surface area contributed by atoms with E-state index >= 15 is 0 Å². The lowest BCUT2D eigenvalue weighted by Crippen LogP contribution is -2.43. The maximum Gasteiger partial charge on any atom is 0.416 e. The molecule has 1 aliphatic heterocycles. The van der Waals surface area contributed by atoms with Crippen molar-refractivity contribution in [3.05, 3.63) is 70.2 Å². The number of piperazine rings is 1. The van der Waals surface area contributed by atoms with Crippen LogP contribution in [0.4, 0.5) is 13.2 Å². The first-order valence-electron chi connectivity index (χ1n) is 8.33. The third-order valence-electron chi connectivity index (χ3n) is 4.28. The third-order valence-corrected chi connectivity index (χ3v) is 4.53. The van der Waals surface area contributed by atoms with E-state index in [-0.39, 0.29) is 0 Å². The van der Waals surface area contributed by atoms with Crippen molar-refractivity contribution in [2.75, 3.05) is 26.2 Å². The molecule has 138 valence electrons. The molecule has 0 N–H and O–H groups in total. The maximum atomic E-state index is 12.6. The normalized spacial score (nSPS) is 16.4. The summed E-state index contributed by atoms with van der Waals surface area (Å²) in [5.41, 5.74) is 1.23. The number of hydrogen-bond donors (Lipinski definition) is 0. The molecule has 0 unspecified atom stereocenters. The second kappa shape index (κ2) is 8.10. The van der Waals surface area contributed by atoms with Gasteiger partial charge in [0, 0.05) is 37.7 Å². The molecule has 0 spiro atoms. The number of hydrogen-bond acceptors (Lipinski definition) is 3. The van der Waals surface area contributed by atoms with E-state index in [1.807, 2.05) is 29.3 Å². The fourth-order valence-electron chi connectivity index (χ4n) is 2.77. The first kappa shape index (κ1) is 18.7. The van der Waals surface area contributed by atoms with Crippen LogP contribution in [0.15, 0.2) is 53.6 Å². The van der Waals surface area contributed by atoms with Gasteiger partial charge in [0.1, 0.15) is 0 Å². The highest BCUT2D eigenvalue weighted by atomic mass is 35.5. The molecule has 3 nitrogen and oxygen atoms in total. The van der Waals surface area contributed by atoms with Crippen LogP contribution in [0.25, 0.3) is 0 Å². The van der Waals surface area contributed by atoms with Crippen molar-refractivity contribution in [2.24, 2.45) is 5.10 Å².